The van der Waals surface area contributed by atoms with Crippen LogP contribution in [-0.4, -0.2) is 14.6 Å². The first-order valence-electron chi connectivity index (χ1n) is 5.75. The number of nitriles is 1. The third-order valence-corrected chi connectivity index (χ3v) is 5.70. The topological polar surface area (TPSA) is 74.5 Å². The molecule has 2 heterocycles. The number of rotatable bonds is 4. The van der Waals surface area contributed by atoms with Crippen LogP contribution in [0, 0.1) is 17.1 Å². The third-order valence-electron chi connectivity index (χ3n) is 2.43. The molecule has 0 saturated heterocycles. The van der Waals surface area contributed by atoms with Crippen LogP contribution in [-0.2, 0) is 0 Å². The number of hydrogen-bond donors (Lipinski definition) is 1. The second-order valence-corrected chi connectivity index (χ2v) is 7.45. The molecule has 0 fully saturated rings. The number of halogens is 2. The summed E-state index contributed by atoms with van der Waals surface area (Å²) in [4.78, 5) is 0. The highest BCUT2D eigenvalue weighted by atomic mass is 35.5. The van der Waals surface area contributed by atoms with Crippen LogP contribution in [0.5, 0.6) is 0 Å². The van der Waals surface area contributed by atoms with Crippen molar-refractivity contribution in [2.24, 2.45) is 0 Å². The third kappa shape index (κ3) is 3.20. The second-order valence-electron chi connectivity index (χ2n) is 3.83. The van der Waals surface area contributed by atoms with Crippen molar-refractivity contribution in [2.45, 2.75) is 8.55 Å². The van der Waals surface area contributed by atoms with Gasteiger partial charge in [-0.2, -0.15) is 9.64 Å². The number of nitrogens with zero attached hydrogens (tertiary/aromatic N) is 4. The van der Waals surface area contributed by atoms with Crippen LogP contribution in [0.4, 0.5) is 15.2 Å². The minimum absolute atomic E-state index is 0.184. The van der Waals surface area contributed by atoms with Gasteiger partial charge in [-0.3, -0.25) is 0 Å². The lowest BCUT2D eigenvalue weighted by Crippen LogP contribution is -1.92. The summed E-state index contributed by atoms with van der Waals surface area (Å²) in [5.41, 5.74) is 0.657. The van der Waals surface area contributed by atoms with Gasteiger partial charge in [0.1, 0.15) is 21.7 Å². The fourth-order valence-electron chi connectivity index (χ4n) is 1.48. The summed E-state index contributed by atoms with van der Waals surface area (Å²) in [5, 5.41) is 20.5. The van der Waals surface area contributed by atoms with Gasteiger partial charge in [0.2, 0.25) is 5.13 Å². The molecule has 1 aromatic carbocycles. The summed E-state index contributed by atoms with van der Waals surface area (Å²) in [6.45, 7) is 0. The molecule has 3 aromatic rings. The molecule has 5 nitrogen and oxygen atoms in total. The number of nitrogens with one attached hydrogen (secondary N) is 1. The van der Waals surface area contributed by atoms with Gasteiger partial charge in [0.05, 0.1) is 5.69 Å². The zero-order valence-corrected chi connectivity index (χ0v) is 13.8. The highest BCUT2D eigenvalue weighted by Crippen LogP contribution is 2.39. The number of anilines is 2. The Balaban J connectivity index is 1.77. The molecular weight excluding hydrogens is 365 g/mol. The van der Waals surface area contributed by atoms with E-state index in [0.29, 0.717) is 24.9 Å². The SMILES string of the molecule is N#Cc1c(Cl)nsc1Sc1nnc(Nc2ccccc2F)s1. The Morgan fingerprint density at radius 1 is 1.32 bits per heavy atom. The van der Waals surface area contributed by atoms with Crippen LogP contribution in [0.15, 0.2) is 32.8 Å². The molecule has 2 aromatic heterocycles. The number of hydrogen-bond acceptors (Lipinski definition) is 8. The van der Waals surface area contributed by atoms with Crippen LogP contribution in [0.1, 0.15) is 5.56 Å². The molecule has 0 atom stereocenters. The van der Waals surface area contributed by atoms with Crippen molar-refractivity contribution in [3.05, 3.63) is 40.8 Å². The van der Waals surface area contributed by atoms with Gasteiger partial charge in [-0.15, -0.1) is 10.2 Å². The van der Waals surface area contributed by atoms with Crippen molar-refractivity contribution in [3.63, 3.8) is 0 Å². The van der Waals surface area contributed by atoms with E-state index < -0.39 is 0 Å². The molecule has 0 aliphatic carbocycles. The highest BCUT2D eigenvalue weighted by Gasteiger charge is 2.16. The summed E-state index contributed by atoms with van der Waals surface area (Å²) in [7, 11) is 0. The smallest absolute Gasteiger partial charge is 0.210 e. The summed E-state index contributed by atoms with van der Waals surface area (Å²) in [5.74, 6) is -0.368. The first kappa shape index (κ1) is 15.2. The lowest BCUT2D eigenvalue weighted by Gasteiger charge is -2.01. The quantitative estimate of drug-likeness (QED) is 0.727. The van der Waals surface area contributed by atoms with Gasteiger partial charge in [0.25, 0.3) is 0 Å². The van der Waals surface area contributed by atoms with Crippen molar-refractivity contribution in [1.82, 2.24) is 14.6 Å². The Morgan fingerprint density at radius 2 is 2.14 bits per heavy atom. The predicted octanol–water partition coefficient (Wildman–Crippen LogP) is 4.55. The largest absolute Gasteiger partial charge is 0.328 e. The molecule has 0 unspecified atom stereocenters. The Morgan fingerprint density at radius 3 is 2.91 bits per heavy atom. The molecule has 0 aliphatic heterocycles. The fourth-order valence-corrected chi connectivity index (χ4v) is 4.60. The lowest BCUT2D eigenvalue weighted by molar-refractivity contribution is 0.632. The van der Waals surface area contributed by atoms with E-state index in [1.807, 2.05) is 6.07 Å². The van der Waals surface area contributed by atoms with Crippen molar-refractivity contribution in [1.29, 1.82) is 5.26 Å². The highest BCUT2D eigenvalue weighted by molar-refractivity contribution is 8.02. The van der Waals surface area contributed by atoms with Gasteiger partial charge >= 0.3 is 0 Å². The second kappa shape index (κ2) is 6.58. The zero-order chi connectivity index (χ0) is 15.5. The fraction of sp³-hybridized carbons (Fsp3) is 0. The summed E-state index contributed by atoms with van der Waals surface area (Å²) in [6.07, 6.45) is 0. The molecule has 1 N–H and O–H groups in total. The Labute approximate surface area is 141 Å². The van der Waals surface area contributed by atoms with Crippen molar-refractivity contribution >= 4 is 57.1 Å². The van der Waals surface area contributed by atoms with E-state index in [9.17, 15) is 4.39 Å². The molecule has 10 heteroatoms. The number of para-hydroxylation sites is 1. The Hall–Kier alpha value is -1.73. The summed E-state index contributed by atoms with van der Waals surface area (Å²) < 4.78 is 18.7. The van der Waals surface area contributed by atoms with Gasteiger partial charge in [-0.25, -0.2) is 4.39 Å². The normalized spacial score (nSPS) is 10.4. The molecule has 0 bridgehead atoms. The molecule has 22 heavy (non-hydrogen) atoms. The monoisotopic (exact) mass is 369 g/mol. The minimum atomic E-state index is -0.368. The van der Waals surface area contributed by atoms with Crippen molar-refractivity contribution < 1.29 is 4.39 Å². The first-order valence-corrected chi connectivity index (χ1v) is 8.54. The van der Waals surface area contributed by atoms with Crippen LogP contribution < -0.4 is 5.32 Å². The molecule has 3 rings (SSSR count). The van der Waals surface area contributed by atoms with E-state index >= 15 is 0 Å². The predicted molar refractivity (Wildman–Crippen MR) is 85.6 cm³/mol. The van der Waals surface area contributed by atoms with Gasteiger partial charge in [0.15, 0.2) is 9.49 Å². The van der Waals surface area contributed by atoms with Gasteiger partial charge in [-0.1, -0.05) is 35.1 Å². The van der Waals surface area contributed by atoms with Crippen LogP contribution in [0.3, 0.4) is 0 Å². The van der Waals surface area contributed by atoms with E-state index in [2.05, 4.69) is 19.9 Å². The average molecular weight is 370 g/mol. The summed E-state index contributed by atoms with van der Waals surface area (Å²) in [6, 6.07) is 8.31. The maximum absolute atomic E-state index is 13.6. The maximum atomic E-state index is 13.6. The van der Waals surface area contributed by atoms with Gasteiger partial charge in [-0.05, 0) is 35.4 Å². The molecule has 110 valence electrons. The molecular formula is C12H5ClFN5S3. The maximum Gasteiger partial charge on any atom is 0.210 e. The summed E-state index contributed by atoms with van der Waals surface area (Å²) >= 11 is 9.45. The number of aromatic nitrogens is 3. The Bertz CT molecular complexity index is 857. The van der Waals surface area contributed by atoms with E-state index in [1.165, 1.54) is 29.2 Å². The Kier molecular flexibility index (Phi) is 4.54. The molecule has 0 saturated carbocycles. The minimum Gasteiger partial charge on any atom is -0.328 e. The lowest BCUT2D eigenvalue weighted by atomic mass is 10.3. The van der Waals surface area contributed by atoms with Gasteiger partial charge < -0.3 is 5.32 Å². The number of benzene rings is 1. The van der Waals surface area contributed by atoms with Gasteiger partial charge in [0, 0.05) is 0 Å². The first-order chi connectivity index (χ1) is 10.7. The van der Waals surface area contributed by atoms with E-state index in [4.69, 9.17) is 16.9 Å². The van der Waals surface area contributed by atoms with Crippen LogP contribution in [0.25, 0.3) is 0 Å². The van der Waals surface area contributed by atoms with Crippen molar-refractivity contribution in [2.75, 3.05) is 5.32 Å². The van der Waals surface area contributed by atoms with E-state index in [0.717, 1.165) is 11.5 Å². The standard InChI is InChI=1S/C12H5ClFN5S3/c13-9-6(5-15)10(22-19-9)20-12-18-17-11(21-12)16-8-4-2-1-3-7(8)14/h1-4H,(H,16,17). The zero-order valence-electron chi connectivity index (χ0n) is 10.6. The molecule has 0 spiro atoms. The average Bonchev–Trinajstić information content (AvgIpc) is 3.09. The van der Waals surface area contributed by atoms with E-state index in [-0.39, 0.29) is 11.0 Å². The molecule has 0 aliphatic rings. The van der Waals surface area contributed by atoms with Crippen molar-refractivity contribution in [3.8, 4) is 6.07 Å². The van der Waals surface area contributed by atoms with E-state index in [1.54, 1.807) is 18.2 Å². The van der Waals surface area contributed by atoms with Crippen LogP contribution >= 0.6 is 46.2 Å². The van der Waals surface area contributed by atoms with Crippen LogP contribution in [0.2, 0.25) is 5.15 Å². The molecule has 0 amide bonds. The molecule has 0 radical (unpaired) electrons.